The van der Waals surface area contributed by atoms with E-state index in [1.165, 1.54) is 18.1 Å². The second kappa shape index (κ2) is 10.9. The number of amides is 2. The molecule has 1 aromatic heterocycles. The van der Waals surface area contributed by atoms with E-state index in [4.69, 9.17) is 4.42 Å². The fraction of sp³-hybridized carbons (Fsp3) is 0.306. The number of rotatable bonds is 7. The summed E-state index contributed by atoms with van der Waals surface area (Å²) >= 11 is 0. The molecule has 6 atom stereocenters. The minimum absolute atomic E-state index is 0.0154. The van der Waals surface area contributed by atoms with Crippen LogP contribution >= 0.6 is 0 Å². The van der Waals surface area contributed by atoms with Crippen molar-refractivity contribution in [3.05, 3.63) is 131 Å². The number of hydrogen-bond acceptors (Lipinski definition) is 5. The topological polar surface area (TPSA) is 89.6 Å². The summed E-state index contributed by atoms with van der Waals surface area (Å²) < 4.78 is 5.37. The molecule has 1 aliphatic carbocycles. The predicted molar refractivity (Wildman–Crippen MR) is 161 cm³/mol. The van der Waals surface area contributed by atoms with Crippen LogP contribution in [0.2, 0.25) is 0 Å². The molecule has 4 fully saturated rings. The number of nitrogens with one attached hydrogen (secondary N) is 1. The molecule has 1 N–H and O–H groups in total. The molecule has 4 aliphatic rings. The van der Waals surface area contributed by atoms with Crippen LogP contribution < -0.4 is 5.32 Å². The molecule has 3 aliphatic heterocycles. The lowest BCUT2D eigenvalue weighted by molar-refractivity contribution is -0.158. The molecule has 216 valence electrons. The molecule has 1 saturated carbocycles. The van der Waals surface area contributed by atoms with Gasteiger partial charge in [0.2, 0.25) is 5.91 Å². The van der Waals surface area contributed by atoms with Gasteiger partial charge < -0.3 is 19.5 Å². The molecular formula is C36H34N4O3. The lowest BCUT2D eigenvalue weighted by Gasteiger charge is -2.65. The second-order valence-corrected chi connectivity index (χ2v) is 12.2. The molecular weight excluding hydrogens is 536 g/mol. The van der Waals surface area contributed by atoms with Crippen LogP contribution in [0.25, 0.3) is 0 Å². The smallest absolute Gasteiger partial charge is 0.258 e. The zero-order valence-electron chi connectivity index (χ0n) is 24.1. The normalized spacial score (nSPS) is 27.5. The van der Waals surface area contributed by atoms with E-state index in [1.54, 1.807) is 6.07 Å². The van der Waals surface area contributed by atoms with Gasteiger partial charge in [-0.2, -0.15) is 5.26 Å². The molecule has 8 rings (SSSR count). The van der Waals surface area contributed by atoms with Crippen LogP contribution in [0.4, 0.5) is 0 Å². The highest BCUT2D eigenvalue weighted by Crippen LogP contribution is 2.63. The van der Waals surface area contributed by atoms with Gasteiger partial charge in [-0.3, -0.25) is 9.59 Å². The van der Waals surface area contributed by atoms with Gasteiger partial charge in [-0.25, -0.2) is 0 Å². The highest BCUT2D eigenvalue weighted by molar-refractivity contribution is 5.99. The van der Waals surface area contributed by atoms with Crippen LogP contribution in [-0.4, -0.2) is 47.3 Å². The van der Waals surface area contributed by atoms with Crippen LogP contribution in [0, 0.1) is 29.1 Å². The first-order valence-corrected chi connectivity index (χ1v) is 14.9. The van der Waals surface area contributed by atoms with E-state index in [1.807, 2.05) is 65.6 Å². The number of fused-ring (bicyclic) bond motifs is 1. The number of piperidine rings is 2. The summed E-state index contributed by atoms with van der Waals surface area (Å²) in [5.41, 5.74) is 3.44. The maximum atomic E-state index is 14.6. The highest BCUT2D eigenvalue weighted by Gasteiger charge is 2.72. The molecule has 3 saturated heterocycles. The summed E-state index contributed by atoms with van der Waals surface area (Å²) in [5.74, 6) is -0.120. The van der Waals surface area contributed by atoms with E-state index in [-0.39, 0.29) is 35.6 Å². The van der Waals surface area contributed by atoms with E-state index in [9.17, 15) is 14.9 Å². The van der Waals surface area contributed by atoms with Gasteiger partial charge in [-0.15, -0.1) is 0 Å². The third kappa shape index (κ3) is 4.36. The number of benzene rings is 3. The van der Waals surface area contributed by atoms with Gasteiger partial charge in [0.25, 0.3) is 5.91 Å². The third-order valence-corrected chi connectivity index (χ3v) is 10.0. The Bertz CT molecular complexity index is 1650. The first-order chi connectivity index (χ1) is 21.0. The molecule has 43 heavy (non-hydrogen) atoms. The molecule has 4 aromatic rings. The van der Waals surface area contributed by atoms with Gasteiger partial charge in [-0.05, 0) is 66.6 Å². The first kappa shape index (κ1) is 27.2. The number of hydrogen-bond donors (Lipinski definition) is 1. The lowest BCUT2D eigenvalue weighted by Crippen LogP contribution is -2.76. The monoisotopic (exact) mass is 570 g/mol. The van der Waals surface area contributed by atoms with Crippen molar-refractivity contribution in [3.8, 4) is 6.07 Å². The summed E-state index contributed by atoms with van der Waals surface area (Å²) in [4.78, 5) is 33.4. The zero-order valence-corrected chi connectivity index (χ0v) is 24.1. The van der Waals surface area contributed by atoms with E-state index in [0.717, 1.165) is 30.5 Å². The molecule has 7 nitrogen and oxygen atoms in total. The summed E-state index contributed by atoms with van der Waals surface area (Å²) in [6.45, 7) is 1.20. The van der Waals surface area contributed by atoms with Crippen molar-refractivity contribution < 1.29 is 14.0 Å². The average molecular weight is 571 g/mol. The van der Waals surface area contributed by atoms with Crippen molar-refractivity contribution in [1.82, 2.24) is 15.1 Å². The zero-order chi connectivity index (χ0) is 29.6. The highest BCUT2D eigenvalue weighted by atomic mass is 16.3. The third-order valence-electron chi connectivity index (χ3n) is 10.0. The molecule has 4 heterocycles. The lowest BCUT2D eigenvalue weighted by atomic mass is 9.52. The summed E-state index contributed by atoms with van der Waals surface area (Å²) in [6.07, 6.45) is 4.62. The Kier molecular flexibility index (Phi) is 6.87. The van der Waals surface area contributed by atoms with Gasteiger partial charge in [0.15, 0.2) is 0 Å². The number of likely N-dealkylation sites (N-methyl/N-ethyl adjacent to an activating group) is 1. The Hall–Kier alpha value is -4.67. The van der Waals surface area contributed by atoms with E-state index >= 15 is 0 Å². The van der Waals surface area contributed by atoms with Crippen molar-refractivity contribution in [1.29, 1.82) is 5.26 Å². The van der Waals surface area contributed by atoms with Gasteiger partial charge in [0.05, 0.1) is 29.0 Å². The molecule has 0 unspecified atom stereocenters. The Morgan fingerprint density at radius 3 is 2.33 bits per heavy atom. The summed E-state index contributed by atoms with van der Waals surface area (Å²) in [7, 11) is 2.15. The Morgan fingerprint density at radius 1 is 0.977 bits per heavy atom. The summed E-state index contributed by atoms with van der Waals surface area (Å²) in [5, 5.41) is 12.8. The molecule has 0 spiro atoms. The van der Waals surface area contributed by atoms with Gasteiger partial charge in [-0.1, -0.05) is 72.8 Å². The van der Waals surface area contributed by atoms with Gasteiger partial charge >= 0.3 is 0 Å². The maximum Gasteiger partial charge on any atom is 0.258 e. The van der Waals surface area contributed by atoms with Gasteiger partial charge in [0.1, 0.15) is 12.3 Å². The van der Waals surface area contributed by atoms with Crippen molar-refractivity contribution >= 4 is 11.8 Å². The van der Waals surface area contributed by atoms with Crippen molar-refractivity contribution in [2.75, 3.05) is 13.6 Å². The van der Waals surface area contributed by atoms with Crippen LogP contribution in [-0.2, 0) is 23.3 Å². The number of furan rings is 1. The van der Waals surface area contributed by atoms with Crippen LogP contribution in [0.3, 0.4) is 0 Å². The van der Waals surface area contributed by atoms with Gasteiger partial charge in [0, 0.05) is 25.0 Å². The molecule has 7 heteroatoms. The fourth-order valence-electron chi connectivity index (χ4n) is 8.47. The molecule has 3 aromatic carbocycles. The van der Waals surface area contributed by atoms with E-state index < -0.39 is 11.6 Å². The fourth-order valence-corrected chi connectivity index (χ4v) is 8.47. The summed E-state index contributed by atoms with van der Waals surface area (Å²) in [6, 6.07) is 31.2. The quantitative estimate of drug-likeness (QED) is 0.338. The second-order valence-electron chi connectivity index (χ2n) is 12.2. The standard InChI is InChI=1S/C36H34N4O3/c1-39-22-29-19-30-31(18-24-8-4-2-5-9-24)33(39)36(29,28-14-12-25(20-37)13-15-28)40(35(42)27-16-17-43-23-27)32(30)34(41)38-21-26-10-6-3-7-11-26/h2-17,23,29-33H,18-19,21-22H2,1H3,(H,38,41)/t29-,30+,31+,32-,33-,36-/m0/s1. The first-order valence-electron chi connectivity index (χ1n) is 14.9. The van der Waals surface area contributed by atoms with Crippen molar-refractivity contribution in [2.45, 2.75) is 37.0 Å². The Labute approximate surface area is 251 Å². The molecule has 0 radical (unpaired) electrons. The number of likely N-dealkylation sites (tertiary alicyclic amines) is 1. The van der Waals surface area contributed by atoms with Crippen LogP contribution in [0.15, 0.2) is 108 Å². The largest absolute Gasteiger partial charge is 0.472 e. The average Bonchev–Trinajstić information content (AvgIpc) is 3.66. The van der Waals surface area contributed by atoms with Crippen LogP contribution in [0.5, 0.6) is 0 Å². The predicted octanol–water partition coefficient (Wildman–Crippen LogP) is 5.00. The minimum atomic E-state index is -0.764. The number of carbonyl (C=O) groups is 2. The Balaban J connectivity index is 1.40. The number of carbonyl (C=O) groups excluding carboxylic acids is 2. The van der Waals surface area contributed by atoms with E-state index in [0.29, 0.717) is 17.7 Å². The van der Waals surface area contributed by atoms with Crippen LogP contribution in [0.1, 0.15) is 39.0 Å². The van der Waals surface area contributed by atoms with Crippen molar-refractivity contribution in [3.63, 3.8) is 0 Å². The maximum absolute atomic E-state index is 14.6. The van der Waals surface area contributed by atoms with Crippen molar-refractivity contribution in [2.24, 2.45) is 17.8 Å². The Morgan fingerprint density at radius 2 is 1.67 bits per heavy atom. The molecule has 4 bridgehead atoms. The minimum Gasteiger partial charge on any atom is -0.472 e. The SMILES string of the molecule is CN1C[C@@H]2C[C@@H]3[C@@H](Cc4ccccc4)[C@H]1[C@@]2(c1ccc(C#N)cc1)N(C(=O)c1ccoc1)[C@@H]3C(=O)NCc1ccccc1. The molecule has 2 amide bonds. The van der Waals surface area contributed by atoms with E-state index in [2.05, 4.69) is 47.6 Å². The number of nitrogens with zero attached hydrogens (tertiary/aromatic N) is 3. The number of nitriles is 1.